The van der Waals surface area contributed by atoms with Crippen molar-refractivity contribution >= 4 is 15.9 Å². The molecule has 1 fully saturated rings. The fourth-order valence-corrected chi connectivity index (χ4v) is 3.85. The van der Waals surface area contributed by atoms with E-state index in [0.717, 1.165) is 36.2 Å². The maximum Gasteiger partial charge on any atom is 0.120 e. The Balaban J connectivity index is 1.51. The van der Waals surface area contributed by atoms with Crippen molar-refractivity contribution < 1.29 is 5.11 Å². The molecule has 4 heteroatoms. The van der Waals surface area contributed by atoms with Crippen LogP contribution in [0.1, 0.15) is 24.0 Å². The molecule has 0 unspecified atom stereocenters. The van der Waals surface area contributed by atoms with Gasteiger partial charge in [-0.1, -0.05) is 46.3 Å². The monoisotopic (exact) mass is 388 g/mol. The van der Waals surface area contributed by atoms with Crippen molar-refractivity contribution in [2.75, 3.05) is 20.1 Å². The lowest BCUT2D eigenvalue weighted by molar-refractivity contribution is 0.118. The van der Waals surface area contributed by atoms with Gasteiger partial charge in [0.2, 0.25) is 0 Å². The van der Waals surface area contributed by atoms with Crippen LogP contribution in [0.4, 0.5) is 0 Å². The predicted molar refractivity (Wildman–Crippen MR) is 102 cm³/mol. The lowest BCUT2D eigenvalue weighted by atomic mass is 10.0. The van der Waals surface area contributed by atoms with Crippen LogP contribution in [-0.2, 0) is 13.1 Å². The predicted octanol–water partition coefficient (Wildman–Crippen LogP) is 4.25. The van der Waals surface area contributed by atoms with Gasteiger partial charge in [0.1, 0.15) is 5.75 Å². The van der Waals surface area contributed by atoms with Crippen LogP contribution < -0.4 is 0 Å². The molecule has 128 valence electrons. The van der Waals surface area contributed by atoms with Gasteiger partial charge in [-0.15, -0.1) is 0 Å². The highest BCUT2D eigenvalue weighted by atomic mass is 79.9. The number of aromatic hydroxyl groups is 1. The Bertz CT molecular complexity index is 654. The minimum absolute atomic E-state index is 0.390. The summed E-state index contributed by atoms with van der Waals surface area (Å²) in [7, 11) is 2.23. The number of likely N-dealkylation sites (tertiary alicyclic amines) is 1. The highest BCUT2D eigenvalue weighted by Gasteiger charge is 2.23. The molecular formula is C20H25BrN2O. The molecule has 0 bridgehead atoms. The van der Waals surface area contributed by atoms with Crippen molar-refractivity contribution in [2.45, 2.75) is 32.0 Å². The summed E-state index contributed by atoms with van der Waals surface area (Å²) >= 11 is 3.48. The molecule has 0 spiro atoms. The Morgan fingerprint density at radius 3 is 2.54 bits per heavy atom. The Hall–Kier alpha value is -1.36. The first-order chi connectivity index (χ1) is 11.6. The second-order valence-corrected chi connectivity index (χ2v) is 7.60. The van der Waals surface area contributed by atoms with Crippen molar-refractivity contribution in [2.24, 2.45) is 0 Å². The third kappa shape index (κ3) is 4.59. The van der Waals surface area contributed by atoms with E-state index in [2.05, 4.69) is 63.1 Å². The smallest absolute Gasteiger partial charge is 0.120 e. The van der Waals surface area contributed by atoms with Crippen molar-refractivity contribution in [1.82, 2.24) is 9.80 Å². The summed E-state index contributed by atoms with van der Waals surface area (Å²) in [5.74, 6) is 0.390. The molecule has 0 radical (unpaired) electrons. The first-order valence-electron chi connectivity index (χ1n) is 8.56. The molecule has 1 saturated heterocycles. The zero-order valence-corrected chi connectivity index (χ0v) is 15.7. The Morgan fingerprint density at radius 2 is 1.83 bits per heavy atom. The van der Waals surface area contributed by atoms with E-state index in [4.69, 9.17) is 0 Å². The molecule has 3 rings (SSSR count). The number of benzene rings is 2. The minimum Gasteiger partial charge on any atom is -0.508 e. The molecule has 1 heterocycles. The van der Waals surface area contributed by atoms with E-state index in [1.807, 2.05) is 12.1 Å². The summed E-state index contributed by atoms with van der Waals surface area (Å²) in [5.41, 5.74) is 2.38. The molecule has 1 aliphatic heterocycles. The maximum atomic E-state index is 10.0. The van der Waals surface area contributed by atoms with Crippen LogP contribution in [0, 0.1) is 0 Å². The summed E-state index contributed by atoms with van der Waals surface area (Å²) in [6.07, 6.45) is 2.36. The summed E-state index contributed by atoms with van der Waals surface area (Å²) in [6.45, 7) is 3.99. The summed E-state index contributed by atoms with van der Waals surface area (Å²) in [5, 5.41) is 10.0. The van der Waals surface area contributed by atoms with Crippen molar-refractivity contribution in [3.63, 3.8) is 0 Å². The van der Waals surface area contributed by atoms with Crippen LogP contribution in [0.3, 0.4) is 0 Å². The van der Waals surface area contributed by atoms with Crippen LogP contribution in [-0.4, -0.2) is 41.1 Å². The molecule has 2 aromatic rings. The van der Waals surface area contributed by atoms with Gasteiger partial charge >= 0.3 is 0 Å². The second kappa shape index (κ2) is 8.15. The zero-order chi connectivity index (χ0) is 16.9. The number of halogens is 1. The Labute approximate surface area is 153 Å². The van der Waals surface area contributed by atoms with E-state index in [1.54, 1.807) is 6.07 Å². The van der Waals surface area contributed by atoms with Crippen molar-refractivity contribution in [1.29, 1.82) is 0 Å². The van der Waals surface area contributed by atoms with Gasteiger partial charge in [-0.25, -0.2) is 0 Å². The average molecular weight is 389 g/mol. The van der Waals surface area contributed by atoms with Crippen LogP contribution in [0.2, 0.25) is 0 Å². The number of hydrogen-bond donors (Lipinski definition) is 1. The normalized spacial score (nSPS) is 16.6. The largest absolute Gasteiger partial charge is 0.508 e. The maximum absolute atomic E-state index is 10.0. The number of rotatable bonds is 5. The van der Waals surface area contributed by atoms with E-state index in [-0.39, 0.29) is 0 Å². The third-order valence-corrected chi connectivity index (χ3v) is 5.38. The standard InChI is InChI=1S/C20H25BrN2O/c1-22(14-16-5-3-2-4-6-16)19-9-11-23(12-10-19)15-17-13-18(21)7-8-20(17)24/h2-8,13,19,24H,9-12,14-15H2,1H3. The molecule has 24 heavy (non-hydrogen) atoms. The van der Waals surface area contributed by atoms with Gasteiger partial charge in [-0.2, -0.15) is 0 Å². The Morgan fingerprint density at radius 1 is 1.12 bits per heavy atom. The molecular weight excluding hydrogens is 364 g/mol. The Kier molecular flexibility index (Phi) is 5.93. The lowest BCUT2D eigenvalue weighted by Crippen LogP contribution is -2.42. The van der Waals surface area contributed by atoms with Gasteiger partial charge in [-0.05, 0) is 56.7 Å². The molecule has 2 aromatic carbocycles. The van der Waals surface area contributed by atoms with Gasteiger partial charge in [0, 0.05) is 29.2 Å². The zero-order valence-electron chi connectivity index (χ0n) is 14.2. The summed E-state index contributed by atoms with van der Waals surface area (Å²) in [6, 6.07) is 17.0. The number of phenolic OH excluding ortho intramolecular Hbond substituents is 1. The van der Waals surface area contributed by atoms with Gasteiger partial charge < -0.3 is 5.11 Å². The second-order valence-electron chi connectivity index (χ2n) is 6.68. The quantitative estimate of drug-likeness (QED) is 0.828. The first-order valence-corrected chi connectivity index (χ1v) is 9.35. The molecule has 1 aliphatic rings. The number of phenols is 1. The van der Waals surface area contributed by atoms with Gasteiger partial charge in [-0.3, -0.25) is 9.80 Å². The van der Waals surface area contributed by atoms with Gasteiger partial charge in [0.05, 0.1) is 0 Å². The SMILES string of the molecule is CN(Cc1ccccc1)C1CCN(Cc2cc(Br)ccc2O)CC1. The van der Waals surface area contributed by atoms with Crippen LogP contribution in [0.5, 0.6) is 5.75 Å². The number of hydrogen-bond acceptors (Lipinski definition) is 3. The number of nitrogens with zero attached hydrogens (tertiary/aromatic N) is 2. The van der Waals surface area contributed by atoms with Crippen LogP contribution >= 0.6 is 15.9 Å². The molecule has 0 saturated carbocycles. The van der Waals surface area contributed by atoms with E-state index >= 15 is 0 Å². The van der Waals surface area contributed by atoms with Gasteiger partial charge in [0.25, 0.3) is 0 Å². The van der Waals surface area contributed by atoms with E-state index in [1.165, 1.54) is 18.4 Å². The van der Waals surface area contributed by atoms with Crippen molar-refractivity contribution in [3.8, 4) is 5.75 Å². The molecule has 3 nitrogen and oxygen atoms in total. The topological polar surface area (TPSA) is 26.7 Å². The van der Waals surface area contributed by atoms with E-state index in [0.29, 0.717) is 11.8 Å². The summed E-state index contributed by atoms with van der Waals surface area (Å²) < 4.78 is 1.02. The molecule has 1 N–H and O–H groups in total. The van der Waals surface area contributed by atoms with E-state index < -0.39 is 0 Å². The molecule has 0 atom stereocenters. The molecule has 0 aliphatic carbocycles. The van der Waals surface area contributed by atoms with E-state index in [9.17, 15) is 5.11 Å². The molecule has 0 aromatic heterocycles. The van der Waals surface area contributed by atoms with Crippen LogP contribution in [0.15, 0.2) is 53.0 Å². The molecule has 0 amide bonds. The summed E-state index contributed by atoms with van der Waals surface area (Å²) in [4.78, 5) is 4.91. The highest BCUT2D eigenvalue weighted by Crippen LogP contribution is 2.25. The third-order valence-electron chi connectivity index (χ3n) is 4.89. The first kappa shape index (κ1) is 17.5. The fraction of sp³-hybridized carbons (Fsp3) is 0.400. The number of piperidine rings is 1. The average Bonchev–Trinajstić information content (AvgIpc) is 2.60. The van der Waals surface area contributed by atoms with Gasteiger partial charge in [0.15, 0.2) is 0 Å². The highest BCUT2D eigenvalue weighted by molar-refractivity contribution is 9.10. The fourth-order valence-electron chi connectivity index (χ4n) is 3.44. The van der Waals surface area contributed by atoms with Crippen molar-refractivity contribution in [3.05, 3.63) is 64.1 Å². The minimum atomic E-state index is 0.390. The lowest BCUT2D eigenvalue weighted by Gasteiger charge is -2.37. The van der Waals surface area contributed by atoms with Crippen LogP contribution in [0.25, 0.3) is 0 Å².